The third-order valence-electron chi connectivity index (χ3n) is 1.67. The molecule has 0 aromatic heterocycles. The number of halogens is 1. The molecule has 0 radical (unpaired) electrons. The van der Waals surface area contributed by atoms with Crippen molar-refractivity contribution in [3.05, 3.63) is 34.3 Å². The van der Waals surface area contributed by atoms with Crippen molar-refractivity contribution < 1.29 is 14.3 Å². The van der Waals surface area contributed by atoms with E-state index in [-0.39, 0.29) is 0 Å². The molecule has 1 rings (SSSR count). The highest BCUT2D eigenvalue weighted by Gasteiger charge is 2.15. The van der Waals surface area contributed by atoms with Gasteiger partial charge in [-0.15, -0.1) is 0 Å². The SMILES string of the molecule is COC(=O)OC(C#N)c1ccc(Br)cc1. The Hall–Kier alpha value is -1.54. The van der Waals surface area contributed by atoms with Crippen molar-refractivity contribution in [2.45, 2.75) is 6.10 Å². The summed E-state index contributed by atoms with van der Waals surface area (Å²) in [7, 11) is 1.19. The smallest absolute Gasteiger partial charge is 0.438 e. The molecular weight excluding hydrogens is 262 g/mol. The summed E-state index contributed by atoms with van der Waals surface area (Å²) in [6.07, 6.45) is -1.81. The van der Waals surface area contributed by atoms with Gasteiger partial charge in [0.1, 0.15) is 6.07 Å². The van der Waals surface area contributed by atoms with Crippen molar-refractivity contribution in [3.63, 3.8) is 0 Å². The van der Waals surface area contributed by atoms with Gasteiger partial charge in [-0.25, -0.2) is 4.79 Å². The standard InChI is InChI=1S/C10H8BrNO3/c1-14-10(13)15-9(6-12)7-2-4-8(11)5-3-7/h2-5,9H,1H3. The summed E-state index contributed by atoms with van der Waals surface area (Å²) >= 11 is 3.27. The lowest BCUT2D eigenvalue weighted by atomic mass is 10.1. The van der Waals surface area contributed by atoms with Crippen LogP contribution in [-0.2, 0) is 9.47 Å². The van der Waals surface area contributed by atoms with Crippen LogP contribution in [0.4, 0.5) is 4.79 Å². The number of carbonyl (C=O) groups excluding carboxylic acids is 1. The molecular formula is C10H8BrNO3. The van der Waals surface area contributed by atoms with Gasteiger partial charge in [-0.2, -0.15) is 5.26 Å². The van der Waals surface area contributed by atoms with Gasteiger partial charge >= 0.3 is 6.16 Å². The number of rotatable bonds is 2. The second-order valence-corrected chi connectivity index (χ2v) is 3.55. The largest absolute Gasteiger partial charge is 0.509 e. The Bertz CT molecular complexity index is 383. The van der Waals surface area contributed by atoms with E-state index in [9.17, 15) is 4.79 Å². The fraction of sp³-hybridized carbons (Fsp3) is 0.200. The van der Waals surface area contributed by atoms with Gasteiger partial charge in [0, 0.05) is 10.0 Å². The molecule has 1 aromatic rings. The Morgan fingerprint density at radius 2 is 2.07 bits per heavy atom. The number of nitrogens with zero attached hydrogens (tertiary/aromatic N) is 1. The summed E-state index contributed by atoms with van der Waals surface area (Å²) in [5.41, 5.74) is 0.603. The van der Waals surface area contributed by atoms with Crippen molar-refractivity contribution >= 4 is 22.1 Å². The van der Waals surface area contributed by atoms with E-state index in [4.69, 9.17) is 10.00 Å². The first-order valence-corrected chi connectivity index (χ1v) is 4.86. The first-order chi connectivity index (χ1) is 7.17. The van der Waals surface area contributed by atoms with Gasteiger partial charge in [-0.1, -0.05) is 28.1 Å². The lowest BCUT2D eigenvalue weighted by molar-refractivity contribution is 0.0543. The zero-order valence-corrected chi connectivity index (χ0v) is 9.52. The molecule has 1 unspecified atom stereocenters. The molecule has 0 saturated carbocycles. The van der Waals surface area contributed by atoms with Crippen LogP contribution in [0.2, 0.25) is 0 Å². The number of benzene rings is 1. The predicted octanol–water partition coefficient (Wildman–Crippen LogP) is 2.80. The van der Waals surface area contributed by atoms with Gasteiger partial charge in [0.05, 0.1) is 7.11 Å². The van der Waals surface area contributed by atoms with Crippen molar-refractivity contribution in [2.24, 2.45) is 0 Å². The fourth-order valence-electron chi connectivity index (χ4n) is 0.951. The Morgan fingerprint density at radius 3 is 2.53 bits per heavy atom. The topological polar surface area (TPSA) is 59.3 Å². The highest BCUT2D eigenvalue weighted by atomic mass is 79.9. The van der Waals surface area contributed by atoms with Crippen LogP contribution in [0.1, 0.15) is 11.7 Å². The van der Waals surface area contributed by atoms with Crippen LogP contribution in [-0.4, -0.2) is 13.3 Å². The van der Waals surface area contributed by atoms with E-state index < -0.39 is 12.3 Å². The van der Waals surface area contributed by atoms with Gasteiger partial charge in [0.15, 0.2) is 0 Å². The van der Waals surface area contributed by atoms with Crippen LogP contribution in [0.25, 0.3) is 0 Å². The second-order valence-electron chi connectivity index (χ2n) is 2.63. The molecule has 0 aliphatic heterocycles. The highest BCUT2D eigenvalue weighted by Crippen LogP contribution is 2.19. The van der Waals surface area contributed by atoms with E-state index in [1.54, 1.807) is 24.3 Å². The van der Waals surface area contributed by atoms with Crippen LogP contribution in [0.3, 0.4) is 0 Å². The first-order valence-electron chi connectivity index (χ1n) is 4.07. The van der Waals surface area contributed by atoms with Crippen LogP contribution in [0.15, 0.2) is 28.7 Å². The first kappa shape index (κ1) is 11.5. The Morgan fingerprint density at radius 1 is 1.47 bits per heavy atom. The molecule has 0 saturated heterocycles. The van der Waals surface area contributed by atoms with E-state index in [0.717, 1.165) is 4.47 Å². The highest BCUT2D eigenvalue weighted by molar-refractivity contribution is 9.10. The number of nitriles is 1. The van der Waals surface area contributed by atoms with Gasteiger partial charge in [0.25, 0.3) is 0 Å². The van der Waals surface area contributed by atoms with Crippen molar-refractivity contribution in [1.82, 2.24) is 0 Å². The summed E-state index contributed by atoms with van der Waals surface area (Å²) in [4.78, 5) is 10.8. The number of ether oxygens (including phenoxy) is 2. The molecule has 15 heavy (non-hydrogen) atoms. The molecule has 0 heterocycles. The van der Waals surface area contributed by atoms with Crippen molar-refractivity contribution in [3.8, 4) is 6.07 Å². The van der Waals surface area contributed by atoms with Crippen LogP contribution >= 0.6 is 15.9 Å². The van der Waals surface area contributed by atoms with Gasteiger partial charge in [-0.3, -0.25) is 0 Å². The molecule has 5 heteroatoms. The minimum atomic E-state index is -0.939. The van der Waals surface area contributed by atoms with E-state index in [2.05, 4.69) is 20.7 Å². The molecule has 0 amide bonds. The molecule has 0 bridgehead atoms. The number of hydrogen-bond acceptors (Lipinski definition) is 4. The molecule has 0 spiro atoms. The molecule has 0 aliphatic rings. The van der Waals surface area contributed by atoms with Gasteiger partial charge in [-0.05, 0) is 12.1 Å². The zero-order valence-electron chi connectivity index (χ0n) is 7.94. The summed E-state index contributed by atoms with van der Waals surface area (Å²) in [6.45, 7) is 0. The quantitative estimate of drug-likeness (QED) is 0.775. The normalized spacial score (nSPS) is 11.3. The average molecular weight is 270 g/mol. The summed E-state index contributed by atoms with van der Waals surface area (Å²) in [6, 6.07) is 8.78. The van der Waals surface area contributed by atoms with Crippen LogP contribution in [0, 0.1) is 11.3 Å². The fourth-order valence-corrected chi connectivity index (χ4v) is 1.22. The summed E-state index contributed by atoms with van der Waals surface area (Å²) in [5.74, 6) is 0. The van der Waals surface area contributed by atoms with Crippen molar-refractivity contribution in [1.29, 1.82) is 5.26 Å². The lowest BCUT2D eigenvalue weighted by Crippen LogP contribution is -2.09. The predicted molar refractivity (Wildman–Crippen MR) is 56.0 cm³/mol. The van der Waals surface area contributed by atoms with Crippen LogP contribution < -0.4 is 0 Å². The molecule has 0 aliphatic carbocycles. The monoisotopic (exact) mass is 269 g/mol. The zero-order chi connectivity index (χ0) is 11.3. The summed E-state index contributed by atoms with van der Waals surface area (Å²) in [5, 5.41) is 8.80. The Kier molecular flexibility index (Phi) is 4.13. The van der Waals surface area contributed by atoms with E-state index in [0.29, 0.717) is 5.56 Å². The number of carbonyl (C=O) groups is 1. The minimum absolute atomic E-state index is 0.603. The van der Waals surface area contributed by atoms with Gasteiger partial charge in [0.2, 0.25) is 6.10 Å². The molecule has 1 atom stereocenters. The third kappa shape index (κ3) is 3.26. The minimum Gasteiger partial charge on any atom is -0.438 e. The van der Waals surface area contributed by atoms with Crippen molar-refractivity contribution in [2.75, 3.05) is 7.11 Å². The molecule has 1 aromatic carbocycles. The molecule has 4 nitrogen and oxygen atoms in total. The average Bonchev–Trinajstić information content (AvgIpc) is 2.27. The molecule has 0 N–H and O–H groups in total. The van der Waals surface area contributed by atoms with E-state index in [1.165, 1.54) is 7.11 Å². The second kappa shape index (κ2) is 5.37. The maximum Gasteiger partial charge on any atom is 0.509 e. The van der Waals surface area contributed by atoms with E-state index >= 15 is 0 Å². The maximum absolute atomic E-state index is 10.8. The summed E-state index contributed by atoms with van der Waals surface area (Å²) < 4.78 is 9.93. The Balaban J connectivity index is 2.80. The molecule has 78 valence electrons. The van der Waals surface area contributed by atoms with Crippen LogP contribution in [0.5, 0.6) is 0 Å². The molecule has 0 fully saturated rings. The van der Waals surface area contributed by atoms with E-state index in [1.807, 2.05) is 6.07 Å². The van der Waals surface area contributed by atoms with Gasteiger partial charge < -0.3 is 9.47 Å². The third-order valence-corrected chi connectivity index (χ3v) is 2.20. The number of hydrogen-bond donors (Lipinski definition) is 0. The Labute approximate surface area is 95.5 Å². The maximum atomic E-state index is 10.8. The lowest BCUT2D eigenvalue weighted by Gasteiger charge is -2.09. The number of methoxy groups -OCH3 is 1.